The number of fused-ring (bicyclic) bond motifs is 1. The number of benzene rings is 2. The van der Waals surface area contributed by atoms with Crippen LogP contribution in [0.5, 0.6) is 5.75 Å². The normalized spacial score (nSPS) is 23.9. The lowest BCUT2D eigenvalue weighted by molar-refractivity contribution is 0.262. The van der Waals surface area contributed by atoms with Gasteiger partial charge in [-0.1, -0.05) is 66.8 Å². The summed E-state index contributed by atoms with van der Waals surface area (Å²) in [5.41, 5.74) is 6.89. The van der Waals surface area contributed by atoms with Gasteiger partial charge < -0.3 is 14.4 Å². The quantitative estimate of drug-likeness (QED) is 0.237. The zero-order chi connectivity index (χ0) is 24.1. The highest BCUT2D eigenvalue weighted by Gasteiger charge is 2.50. The molecule has 2 atom stereocenters. The fraction of sp³-hybridized carbons (Fsp3) is 0.290. The SMILES string of the molecule is C\C=C/C=C(\C=C/C)N1/C(=C/C)c2ccccc2C1(/C(C)=C/C)c1ccc(OCC2CO2)cc1. The minimum Gasteiger partial charge on any atom is -0.491 e. The smallest absolute Gasteiger partial charge is 0.119 e. The second-order valence-electron chi connectivity index (χ2n) is 8.65. The first-order valence-corrected chi connectivity index (χ1v) is 12.1. The molecular formula is C31H35NO2. The molecule has 2 aromatic carbocycles. The van der Waals surface area contributed by atoms with Gasteiger partial charge in [0.2, 0.25) is 0 Å². The van der Waals surface area contributed by atoms with E-state index in [0.29, 0.717) is 6.61 Å². The zero-order valence-electron chi connectivity index (χ0n) is 20.9. The molecule has 0 bridgehead atoms. The highest BCUT2D eigenvalue weighted by Crippen LogP contribution is 2.55. The van der Waals surface area contributed by atoms with Crippen molar-refractivity contribution in [2.75, 3.05) is 13.2 Å². The molecule has 0 spiro atoms. The molecule has 0 saturated carbocycles. The molecule has 2 aromatic rings. The van der Waals surface area contributed by atoms with Crippen LogP contribution in [0, 0.1) is 0 Å². The van der Waals surface area contributed by atoms with Crippen molar-refractivity contribution in [1.82, 2.24) is 4.90 Å². The molecular weight excluding hydrogens is 418 g/mol. The lowest BCUT2D eigenvalue weighted by Crippen LogP contribution is -2.42. The van der Waals surface area contributed by atoms with Gasteiger partial charge in [0.1, 0.15) is 24.0 Å². The Hall–Kier alpha value is -3.30. The summed E-state index contributed by atoms with van der Waals surface area (Å²) in [5.74, 6) is 0.870. The molecule has 0 amide bonds. The molecule has 0 aromatic heterocycles. The van der Waals surface area contributed by atoms with Crippen LogP contribution in [-0.2, 0) is 10.3 Å². The van der Waals surface area contributed by atoms with E-state index in [2.05, 4.69) is 131 Å². The molecule has 2 heterocycles. The first-order chi connectivity index (χ1) is 16.6. The van der Waals surface area contributed by atoms with Gasteiger partial charge in [-0.25, -0.2) is 0 Å². The molecule has 1 fully saturated rings. The predicted octanol–water partition coefficient (Wildman–Crippen LogP) is 7.39. The van der Waals surface area contributed by atoms with Crippen LogP contribution < -0.4 is 4.74 Å². The van der Waals surface area contributed by atoms with Crippen LogP contribution in [0.3, 0.4) is 0 Å². The Morgan fingerprint density at radius 1 is 1.06 bits per heavy atom. The molecule has 2 aliphatic heterocycles. The van der Waals surface area contributed by atoms with Gasteiger partial charge in [-0.2, -0.15) is 0 Å². The summed E-state index contributed by atoms with van der Waals surface area (Å²) >= 11 is 0. The van der Waals surface area contributed by atoms with Crippen molar-refractivity contribution in [1.29, 1.82) is 0 Å². The Morgan fingerprint density at radius 3 is 2.41 bits per heavy atom. The second-order valence-corrected chi connectivity index (χ2v) is 8.65. The van der Waals surface area contributed by atoms with E-state index in [0.717, 1.165) is 18.1 Å². The molecule has 176 valence electrons. The second kappa shape index (κ2) is 10.3. The lowest BCUT2D eigenvalue weighted by atomic mass is 9.76. The van der Waals surface area contributed by atoms with Crippen LogP contribution in [0.15, 0.2) is 102 Å². The Morgan fingerprint density at radius 2 is 1.79 bits per heavy atom. The highest BCUT2D eigenvalue weighted by atomic mass is 16.6. The van der Waals surface area contributed by atoms with Gasteiger partial charge >= 0.3 is 0 Å². The molecule has 0 radical (unpaired) electrons. The van der Waals surface area contributed by atoms with Gasteiger partial charge in [0.05, 0.1) is 6.61 Å². The Bertz CT molecular complexity index is 1160. The fourth-order valence-corrected chi connectivity index (χ4v) is 4.89. The van der Waals surface area contributed by atoms with Crippen molar-refractivity contribution in [3.63, 3.8) is 0 Å². The number of hydrogen-bond acceptors (Lipinski definition) is 3. The number of ether oxygens (including phenoxy) is 2. The van der Waals surface area contributed by atoms with Crippen molar-refractivity contribution in [3.05, 3.63) is 119 Å². The van der Waals surface area contributed by atoms with Crippen molar-refractivity contribution in [3.8, 4) is 5.75 Å². The molecule has 3 nitrogen and oxygen atoms in total. The van der Waals surface area contributed by atoms with Crippen LogP contribution in [0.25, 0.3) is 5.70 Å². The summed E-state index contributed by atoms with van der Waals surface area (Å²) in [5, 5.41) is 0. The molecule has 1 saturated heterocycles. The first kappa shape index (κ1) is 23.8. The standard InChI is InChI=1S/C31H35NO2/c1-6-10-14-25(13-7-2)32-30(9-4)28-15-11-12-16-29(28)31(32,23(5)8-3)24-17-19-26(20-18-24)33-21-27-22-34-27/h6-20,27H,21-22H2,1-5H3/b10-6-,13-7-,23-8+,25-14+,30-9+. The molecule has 3 heteroatoms. The maximum absolute atomic E-state index is 5.95. The van der Waals surface area contributed by atoms with E-state index >= 15 is 0 Å². The van der Waals surface area contributed by atoms with Gasteiger partial charge in [0.25, 0.3) is 0 Å². The summed E-state index contributed by atoms with van der Waals surface area (Å²) in [6.07, 6.45) is 15.4. The van der Waals surface area contributed by atoms with E-state index in [4.69, 9.17) is 9.47 Å². The van der Waals surface area contributed by atoms with Gasteiger partial charge in [-0.3, -0.25) is 0 Å². The summed E-state index contributed by atoms with van der Waals surface area (Å²) in [6, 6.07) is 17.4. The molecule has 2 unspecified atom stereocenters. The minimum absolute atomic E-state index is 0.242. The van der Waals surface area contributed by atoms with Crippen LogP contribution in [0.4, 0.5) is 0 Å². The van der Waals surface area contributed by atoms with E-state index in [1.54, 1.807) is 0 Å². The predicted molar refractivity (Wildman–Crippen MR) is 142 cm³/mol. The number of epoxide rings is 1. The summed E-state index contributed by atoms with van der Waals surface area (Å²) in [4.78, 5) is 2.49. The van der Waals surface area contributed by atoms with E-state index in [1.807, 2.05) is 0 Å². The summed E-state index contributed by atoms with van der Waals surface area (Å²) < 4.78 is 11.2. The third-order valence-corrected chi connectivity index (χ3v) is 6.61. The molecule has 2 aliphatic rings. The average Bonchev–Trinajstić information content (AvgIpc) is 3.66. The van der Waals surface area contributed by atoms with E-state index in [9.17, 15) is 0 Å². The summed E-state index contributed by atoms with van der Waals surface area (Å²) in [6.45, 7) is 12.0. The van der Waals surface area contributed by atoms with Gasteiger partial charge in [-0.05, 0) is 75.6 Å². The van der Waals surface area contributed by atoms with Gasteiger partial charge in [-0.15, -0.1) is 0 Å². The third-order valence-electron chi connectivity index (χ3n) is 6.61. The van der Waals surface area contributed by atoms with Crippen LogP contribution in [0.2, 0.25) is 0 Å². The maximum Gasteiger partial charge on any atom is 0.119 e. The average molecular weight is 454 g/mol. The Balaban J connectivity index is 1.96. The van der Waals surface area contributed by atoms with Gasteiger partial charge in [0, 0.05) is 17.0 Å². The number of nitrogens with zero attached hydrogens (tertiary/aromatic N) is 1. The first-order valence-electron chi connectivity index (χ1n) is 12.1. The number of allylic oxidation sites excluding steroid dienone is 7. The number of hydrogen-bond donors (Lipinski definition) is 0. The topological polar surface area (TPSA) is 25.0 Å². The monoisotopic (exact) mass is 453 g/mol. The van der Waals surface area contributed by atoms with Crippen LogP contribution in [0.1, 0.15) is 51.3 Å². The van der Waals surface area contributed by atoms with Crippen molar-refractivity contribution < 1.29 is 9.47 Å². The van der Waals surface area contributed by atoms with Crippen molar-refractivity contribution in [2.24, 2.45) is 0 Å². The fourth-order valence-electron chi connectivity index (χ4n) is 4.89. The lowest BCUT2D eigenvalue weighted by Gasteiger charge is -2.43. The molecule has 34 heavy (non-hydrogen) atoms. The van der Waals surface area contributed by atoms with Crippen LogP contribution in [-0.4, -0.2) is 24.2 Å². The Labute approximate surface area is 204 Å². The number of rotatable bonds is 8. The third kappa shape index (κ3) is 4.17. The van der Waals surface area contributed by atoms with E-state index in [1.165, 1.54) is 28.0 Å². The zero-order valence-corrected chi connectivity index (χ0v) is 20.9. The summed E-state index contributed by atoms with van der Waals surface area (Å²) in [7, 11) is 0. The molecule has 0 aliphatic carbocycles. The highest BCUT2D eigenvalue weighted by molar-refractivity contribution is 5.80. The van der Waals surface area contributed by atoms with Crippen molar-refractivity contribution >= 4 is 5.70 Å². The molecule has 0 N–H and O–H groups in total. The molecule has 4 rings (SSSR count). The van der Waals surface area contributed by atoms with Crippen molar-refractivity contribution in [2.45, 2.75) is 46.3 Å². The Kier molecular flexibility index (Phi) is 7.23. The minimum atomic E-state index is -0.474. The van der Waals surface area contributed by atoms with Gasteiger partial charge in [0.15, 0.2) is 0 Å². The van der Waals surface area contributed by atoms with Crippen LogP contribution >= 0.6 is 0 Å². The largest absolute Gasteiger partial charge is 0.491 e. The van der Waals surface area contributed by atoms with E-state index < -0.39 is 5.54 Å². The maximum atomic E-state index is 5.95. The van der Waals surface area contributed by atoms with E-state index in [-0.39, 0.29) is 6.10 Å².